The predicted octanol–water partition coefficient (Wildman–Crippen LogP) is 2.72. The minimum atomic E-state index is -3.20. The molecule has 1 aliphatic heterocycles. The number of thiazole rings is 1. The van der Waals surface area contributed by atoms with Crippen LogP contribution in [-0.2, 0) is 27.7 Å². The first kappa shape index (κ1) is 21.2. The van der Waals surface area contributed by atoms with Crippen LogP contribution >= 0.6 is 11.3 Å². The fraction of sp³-hybridized carbons (Fsp3) is 0.429. The summed E-state index contributed by atoms with van der Waals surface area (Å²) in [6.07, 6.45) is 7.80. The van der Waals surface area contributed by atoms with Crippen molar-refractivity contribution in [3.05, 3.63) is 35.8 Å². The zero-order valence-electron chi connectivity index (χ0n) is 17.9. The van der Waals surface area contributed by atoms with E-state index in [0.29, 0.717) is 31.1 Å². The van der Waals surface area contributed by atoms with Gasteiger partial charge in [-0.2, -0.15) is 5.10 Å². The predicted molar refractivity (Wildman–Crippen MR) is 123 cm³/mol. The Morgan fingerprint density at radius 2 is 2.03 bits per heavy atom. The van der Waals surface area contributed by atoms with Gasteiger partial charge in [0.1, 0.15) is 0 Å². The number of anilines is 1. The standard InChI is InChI=1S/C21H24N6O3S2/c1-13(28)23-21-24-17-6-5-16-18(14-4-3-9-22-12-14)25-27(19(16)20(17)31-21)15-7-10-26(11-8-15)32(2,29)30/h3-4,9,12,15H,5-8,10-11H2,1-2H3,(H,23,24,28). The molecule has 1 N–H and O–H groups in total. The van der Waals surface area contributed by atoms with Gasteiger partial charge in [-0.25, -0.2) is 17.7 Å². The first-order valence-electron chi connectivity index (χ1n) is 10.6. The van der Waals surface area contributed by atoms with Gasteiger partial charge < -0.3 is 5.32 Å². The highest BCUT2D eigenvalue weighted by Crippen LogP contribution is 2.45. The lowest BCUT2D eigenvalue weighted by Gasteiger charge is -2.31. The summed E-state index contributed by atoms with van der Waals surface area (Å²) in [7, 11) is -3.20. The number of nitrogens with zero attached hydrogens (tertiary/aromatic N) is 5. The number of sulfonamides is 1. The molecule has 0 spiro atoms. The molecule has 0 atom stereocenters. The SMILES string of the molecule is CC(=O)Nc1nc2c(s1)-c1c(c(-c3cccnc3)nn1C1CCN(S(C)(=O)=O)CC1)CC2. The Balaban J connectivity index is 1.59. The number of amides is 1. The molecule has 2 aliphatic rings. The second kappa shape index (κ2) is 8.05. The fourth-order valence-corrected chi connectivity index (χ4v) is 6.51. The van der Waals surface area contributed by atoms with Crippen LogP contribution in [0.1, 0.15) is 37.1 Å². The van der Waals surface area contributed by atoms with E-state index >= 15 is 0 Å². The molecular weight excluding hydrogens is 448 g/mol. The van der Waals surface area contributed by atoms with Crippen molar-refractivity contribution < 1.29 is 13.2 Å². The lowest BCUT2D eigenvalue weighted by molar-refractivity contribution is -0.114. The Morgan fingerprint density at radius 1 is 1.25 bits per heavy atom. The van der Waals surface area contributed by atoms with E-state index in [0.717, 1.165) is 45.9 Å². The molecule has 168 valence electrons. The van der Waals surface area contributed by atoms with Crippen LogP contribution in [0, 0.1) is 0 Å². The summed E-state index contributed by atoms with van der Waals surface area (Å²) in [6, 6.07) is 4.00. The minimum absolute atomic E-state index is 0.0874. The van der Waals surface area contributed by atoms with Crippen molar-refractivity contribution in [1.29, 1.82) is 0 Å². The summed E-state index contributed by atoms with van der Waals surface area (Å²) in [6.45, 7) is 2.44. The van der Waals surface area contributed by atoms with E-state index in [9.17, 15) is 13.2 Å². The number of fused-ring (bicyclic) bond motifs is 3. The second-order valence-electron chi connectivity index (χ2n) is 8.23. The molecule has 0 bridgehead atoms. The normalized spacial score (nSPS) is 17.1. The summed E-state index contributed by atoms with van der Waals surface area (Å²) in [4.78, 5) is 21.5. The number of nitrogens with one attached hydrogen (secondary N) is 1. The average molecular weight is 473 g/mol. The van der Waals surface area contributed by atoms with Crippen LogP contribution in [-0.4, -0.2) is 57.7 Å². The van der Waals surface area contributed by atoms with Crippen LogP contribution in [0.5, 0.6) is 0 Å². The monoisotopic (exact) mass is 472 g/mol. The van der Waals surface area contributed by atoms with Crippen molar-refractivity contribution in [2.75, 3.05) is 24.7 Å². The van der Waals surface area contributed by atoms with Crippen molar-refractivity contribution in [1.82, 2.24) is 24.1 Å². The van der Waals surface area contributed by atoms with Gasteiger partial charge in [0.2, 0.25) is 15.9 Å². The molecular formula is C21H24N6O3S2. The number of carbonyl (C=O) groups excluding carboxylic acids is 1. The van der Waals surface area contributed by atoms with Crippen LogP contribution in [0.25, 0.3) is 21.8 Å². The average Bonchev–Trinajstić information content (AvgIpc) is 3.34. The van der Waals surface area contributed by atoms with Gasteiger partial charge in [-0.3, -0.25) is 14.5 Å². The van der Waals surface area contributed by atoms with Gasteiger partial charge in [-0.1, -0.05) is 11.3 Å². The molecule has 4 heterocycles. The van der Waals surface area contributed by atoms with Gasteiger partial charge >= 0.3 is 0 Å². The molecule has 32 heavy (non-hydrogen) atoms. The second-order valence-corrected chi connectivity index (χ2v) is 11.2. The zero-order valence-corrected chi connectivity index (χ0v) is 19.5. The Labute approximate surface area is 190 Å². The van der Waals surface area contributed by atoms with Crippen molar-refractivity contribution in [3.63, 3.8) is 0 Å². The summed E-state index contributed by atoms with van der Waals surface area (Å²) in [5.74, 6) is -0.144. The number of aryl methyl sites for hydroxylation is 1. The van der Waals surface area contributed by atoms with E-state index in [2.05, 4.69) is 20.0 Å². The number of carbonyl (C=O) groups is 1. The highest BCUT2D eigenvalue weighted by Gasteiger charge is 2.34. The molecule has 0 saturated carbocycles. The number of aromatic nitrogens is 4. The van der Waals surface area contributed by atoms with Crippen LogP contribution in [0.15, 0.2) is 24.5 Å². The molecule has 5 rings (SSSR count). The van der Waals surface area contributed by atoms with Gasteiger partial charge in [-0.15, -0.1) is 0 Å². The quantitative estimate of drug-likeness (QED) is 0.625. The third kappa shape index (κ3) is 3.84. The third-order valence-electron chi connectivity index (χ3n) is 5.99. The molecule has 0 unspecified atom stereocenters. The van der Waals surface area contributed by atoms with Crippen molar-refractivity contribution in [3.8, 4) is 21.8 Å². The Bertz CT molecular complexity index is 1270. The molecule has 0 aromatic carbocycles. The Morgan fingerprint density at radius 3 is 2.69 bits per heavy atom. The summed E-state index contributed by atoms with van der Waals surface area (Å²) >= 11 is 1.47. The first-order chi connectivity index (χ1) is 15.3. The molecule has 0 radical (unpaired) electrons. The number of hydrogen-bond donors (Lipinski definition) is 1. The van der Waals surface area contributed by atoms with Gasteiger partial charge in [0, 0.05) is 43.5 Å². The molecule has 1 fully saturated rings. The highest BCUT2D eigenvalue weighted by molar-refractivity contribution is 7.88. The fourth-order valence-electron chi connectivity index (χ4n) is 4.52. The van der Waals surface area contributed by atoms with Gasteiger partial charge in [-0.05, 0) is 37.8 Å². The van der Waals surface area contributed by atoms with E-state index in [1.807, 2.05) is 18.3 Å². The summed E-state index contributed by atoms with van der Waals surface area (Å²) < 4.78 is 27.5. The molecule has 11 heteroatoms. The van der Waals surface area contributed by atoms with E-state index < -0.39 is 10.0 Å². The summed E-state index contributed by atoms with van der Waals surface area (Å²) in [5, 5.41) is 8.45. The van der Waals surface area contributed by atoms with Crippen molar-refractivity contribution >= 4 is 32.4 Å². The lowest BCUT2D eigenvalue weighted by atomic mass is 9.95. The molecule has 1 aliphatic carbocycles. The first-order valence-corrected chi connectivity index (χ1v) is 13.2. The van der Waals surface area contributed by atoms with Crippen LogP contribution in [0.4, 0.5) is 5.13 Å². The molecule has 1 saturated heterocycles. The number of pyridine rings is 1. The maximum absolute atomic E-state index is 12.0. The van der Waals surface area contributed by atoms with Crippen LogP contribution in [0.2, 0.25) is 0 Å². The smallest absolute Gasteiger partial charge is 0.223 e. The van der Waals surface area contributed by atoms with Crippen LogP contribution < -0.4 is 5.32 Å². The van der Waals surface area contributed by atoms with E-state index in [4.69, 9.17) is 5.10 Å². The van der Waals surface area contributed by atoms with Gasteiger partial charge in [0.15, 0.2) is 5.13 Å². The van der Waals surface area contributed by atoms with Gasteiger partial charge in [0.25, 0.3) is 0 Å². The maximum atomic E-state index is 12.0. The highest BCUT2D eigenvalue weighted by atomic mass is 32.2. The largest absolute Gasteiger partial charge is 0.302 e. The van der Waals surface area contributed by atoms with E-state index in [1.165, 1.54) is 28.8 Å². The van der Waals surface area contributed by atoms with Crippen molar-refractivity contribution in [2.45, 2.75) is 38.6 Å². The molecule has 3 aromatic rings. The van der Waals surface area contributed by atoms with Crippen molar-refractivity contribution in [2.24, 2.45) is 0 Å². The van der Waals surface area contributed by atoms with E-state index in [-0.39, 0.29) is 11.9 Å². The Kier molecular flexibility index (Phi) is 5.34. The summed E-state index contributed by atoms with van der Waals surface area (Å²) in [5.41, 5.74) is 5.05. The molecule has 3 aromatic heterocycles. The zero-order chi connectivity index (χ0) is 22.5. The third-order valence-corrected chi connectivity index (χ3v) is 8.31. The number of piperidine rings is 1. The van der Waals surface area contributed by atoms with Crippen LogP contribution in [0.3, 0.4) is 0 Å². The lowest BCUT2D eigenvalue weighted by Crippen LogP contribution is -2.38. The molecule has 9 nitrogen and oxygen atoms in total. The minimum Gasteiger partial charge on any atom is -0.302 e. The van der Waals surface area contributed by atoms with Gasteiger partial charge in [0.05, 0.1) is 34.3 Å². The topological polar surface area (TPSA) is 110 Å². The Hall–Kier alpha value is -2.63. The number of rotatable bonds is 4. The molecule has 1 amide bonds. The number of hydrogen-bond acceptors (Lipinski definition) is 7. The maximum Gasteiger partial charge on any atom is 0.223 e. The van der Waals surface area contributed by atoms with E-state index in [1.54, 1.807) is 6.20 Å².